The molecule has 0 radical (unpaired) electrons. The van der Waals surface area contributed by atoms with Crippen LogP contribution in [0.25, 0.3) is 11.0 Å². The monoisotopic (exact) mass is 366 g/mol. The third-order valence-corrected chi connectivity index (χ3v) is 4.52. The summed E-state index contributed by atoms with van der Waals surface area (Å²) in [4.78, 5) is 24.7. The number of aryl methyl sites for hydroxylation is 1. The first kappa shape index (κ1) is 16.7. The number of rotatable bonds is 6. The van der Waals surface area contributed by atoms with E-state index in [1.54, 1.807) is 4.57 Å². The number of imidazole rings is 1. The van der Waals surface area contributed by atoms with E-state index < -0.39 is 5.97 Å². The molecule has 0 saturated carbocycles. The highest BCUT2D eigenvalue weighted by molar-refractivity contribution is 7.10. The number of hydrogen-bond donors (Lipinski definition) is 0. The van der Waals surface area contributed by atoms with E-state index >= 15 is 0 Å². The number of ether oxygens (including phenoxy) is 1. The van der Waals surface area contributed by atoms with Crippen LogP contribution in [0.2, 0.25) is 4.34 Å². The van der Waals surface area contributed by atoms with Crippen LogP contribution in [0.1, 0.15) is 19.0 Å². The average molecular weight is 367 g/mol. The molecule has 0 N–H and O–H groups in total. The van der Waals surface area contributed by atoms with Gasteiger partial charge in [0.05, 0.1) is 11.0 Å². The molecule has 0 amide bonds. The summed E-state index contributed by atoms with van der Waals surface area (Å²) < 4.78 is 12.3. The van der Waals surface area contributed by atoms with Crippen molar-refractivity contribution in [2.24, 2.45) is 0 Å². The number of aromatic nitrogens is 4. The van der Waals surface area contributed by atoms with Crippen molar-refractivity contribution >= 4 is 40.1 Å². The number of halogens is 1. The van der Waals surface area contributed by atoms with Gasteiger partial charge in [0.15, 0.2) is 0 Å². The smallest absolute Gasteiger partial charge is 0.329 e. The van der Waals surface area contributed by atoms with E-state index in [9.17, 15) is 9.59 Å². The quantitative estimate of drug-likeness (QED) is 0.626. The van der Waals surface area contributed by atoms with Crippen molar-refractivity contribution in [3.63, 3.8) is 0 Å². The van der Waals surface area contributed by atoms with Crippen LogP contribution in [0.4, 0.5) is 0 Å². The molecule has 2 heterocycles. The van der Waals surface area contributed by atoms with Crippen molar-refractivity contribution in [3.8, 4) is 0 Å². The van der Waals surface area contributed by atoms with Gasteiger partial charge in [-0.15, -0.1) is 5.10 Å². The number of nitrogens with zero attached hydrogens (tertiary/aromatic N) is 4. The molecule has 0 fully saturated rings. The maximum atomic E-state index is 12.6. The van der Waals surface area contributed by atoms with Gasteiger partial charge in [-0.3, -0.25) is 13.9 Å². The van der Waals surface area contributed by atoms with Crippen molar-refractivity contribution < 1.29 is 9.53 Å². The van der Waals surface area contributed by atoms with Gasteiger partial charge < -0.3 is 4.74 Å². The Morgan fingerprint density at radius 1 is 1.29 bits per heavy atom. The first-order chi connectivity index (χ1) is 11.6. The van der Waals surface area contributed by atoms with Gasteiger partial charge in [-0.05, 0) is 18.6 Å². The molecular formula is C15H15ClN4O3S. The zero-order valence-electron chi connectivity index (χ0n) is 12.9. The fourth-order valence-electron chi connectivity index (χ4n) is 2.47. The fourth-order valence-corrected chi connectivity index (χ4v) is 3.07. The lowest BCUT2D eigenvalue weighted by atomic mass is 10.3. The Kier molecular flexibility index (Phi) is 4.96. The molecule has 0 aliphatic heterocycles. The molecule has 7 nitrogen and oxygen atoms in total. The zero-order valence-corrected chi connectivity index (χ0v) is 14.5. The maximum absolute atomic E-state index is 12.6. The second kappa shape index (κ2) is 7.14. The van der Waals surface area contributed by atoms with Gasteiger partial charge in [-0.25, -0.2) is 4.79 Å². The van der Waals surface area contributed by atoms with E-state index in [-0.39, 0.29) is 18.8 Å². The summed E-state index contributed by atoms with van der Waals surface area (Å²) in [5.41, 5.74) is 1.71. The minimum atomic E-state index is -0.527. The Balaban J connectivity index is 1.82. The van der Waals surface area contributed by atoms with Gasteiger partial charge in [-0.1, -0.05) is 35.1 Å². The molecule has 9 heteroatoms. The summed E-state index contributed by atoms with van der Waals surface area (Å²) in [5, 5.41) is 3.78. The Hall–Kier alpha value is -2.19. The normalized spacial score (nSPS) is 11.1. The van der Waals surface area contributed by atoms with E-state index in [0.717, 1.165) is 23.5 Å². The molecule has 0 bridgehead atoms. The molecule has 0 atom stereocenters. The molecule has 0 aliphatic carbocycles. The van der Waals surface area contributed by atoms with E-state index in [0.29, 0.717) is 22.1 Å². The minimum Gasteiger partial charge on any atom is -0.458 e. The first-order valence-electron chi connectivity index (χ1n) is 7.42. The van der Waals surface area contributed by atoms with Gasteiger partial charge in [0, 0.05) is 18.1 Å². The second-order valence-corrected chi connectivity index (χ2v) is 6.52. The number of carbonyl (C=O) groups is 1. The molecule has 1 aromatic carbocycles. The number of fused-ring (bicyclic) bond motifs is 1. The Morgan fingerprint density at radius 2 is 2.00 bits per heavy atom. The predicted octanol–water partition coefficient (Wildman–Crippen LogP) is 2.46. The maximum Gasteiger partial charge on any atom is 0.329 e. The van der Waals surface area contributed by atoms with Crippen molar-refractivity contribution in [1.82, 2.24) is 18.7 Å². The summed E-state index contributed by atoms with van der Waals surface area (Å²) in [6, 6.07) is 7.39. The summed E-state index contributed by atoms with van der Waals surface area (Å²) in [6.45, 7) is 2.38. The van der Waals surface area contributed by atoms with E-state index in [2.05, 4.69) is 9.59 Å². The Bertz CT molecular complexity index is 930. The Morgan fingerprint density at radius 3 is 2.62 bits per heavy atom. The van der Waals surface area contributed by atoms with Gasteiger partial charge >= 0.3 is 11.7 Å². The SMILES string of the molecule is CCCn1c(=O)n(CC(=O)OCc2nnsc2Cl)c2ccccc21. The van der Waals surface area contributed by atoms with Gasteiger partial charge in [-0.2, -0.15) is 0 Å². The topological polar surface area (TPSA) is 79.0 Å². The molecule has 0 spiro atoms. The number of benzene rings is 1. The van der Waals surface area contributed by atoms with E-state index in [1.165, 1.54) is 4.57 Å². The van der Waals surface area contributed by atoms with Gasteiger partial charge in [0.1, 0.15) is 23.2 Å². The second-order valence-electron chi connectivity index (χ2n) is 5.16. The van der Waals surface area contributed by atoms with Crippen molar-refractivity contribution in [3.05, 3.63) is 44.8 Å². The zero-order chi connectivity index (χ0) is 17.1. The van der Waals surface area contributed by atoms with Crippen molar-refractivity contribution in [2.45, 2.75) is 33.0 Å². The molecule has 0 aliphatic rings. The molecular weight excluding hydrogens is 352 g/mol. The largest absolute Gasteiger partial charge is 0.458 e. The van der Waals surface area contributed by atoms with Gasteiger partial charge in [0.25, 0.3) is 0 Å². The number of para-hydroxylation sites is 2. The molecule has 24 heavy (non-hydrogen) atoms. The van der Waals surface area contributed by atoms with E-state index in [4.69, 9.17) is 16.3 Å². The first-order valence-corrected chi connectivity index (χ1v) is 8.57. The lowest BCUT2D eigenvalue weighted by molar-refractivity contribution is -0.145. The molecule has 126 valence electrons. The number of esters is 1. The van der Waals surface area contributed by atoms with Crippen LogP contribution in [-0.4, -0.2) is 24.7 Å². The predicted molar refractivity (Wildman–Crippen MR) is 91.2 cm³/mol. The van der Waals surface area contributed by atoms with E-state index in [1.807, 2.05) is 31.2 Å². The third kappa shape index (κ3) is 3.20. The third-order valence-electron chi connectivity index (χ3n) is 3.54. The fraction of sp³-hybridized carbons (Fsp3) is 0.333. The molecule has 2 aromatic heterocycles. The van der Waals surface area contributed by atoms with Crippen molar-refractivity contribution in [1.29, 1.82) is 0 Å². The van der Waals surface area contributed by atoms with Crippen LogP contribution >= 0.6 is 23.1 Å². The number of carbonyl (C=O) groups excluding carboxylic acids is 1. The summed E-state index contributed by atoms with van der Waals surface area (Å²) >= 11 is 6.90. The highest BCUT2D eigenvalue weighted by atomic mass is 35.5. The molecule has 0 unspecified atom stereocenters. The number of hydrogen-bond acceptors (Lipinski definition) is 6. The molecule has 0 saturated heterocycles. The van der Waals surface area contributed by atoms with Crippen LogP contribution in [0.5, 0.6) is 0 Å². The summed E-state index contributed by atoms with van der Waals surface area (Å²) in [6.07, 6.45) is 0.827. The average Bonchev–Trinajstić information content (AvgIpc) is 3.10. The lowest BCUT2D eigenvalue weighted by Crippen LogP contribution is -2.27. The minimum absolute atomic E-state index is 0.0590. The summed E-state index contributed by atoms with van der Waals surface area (Å²) in [7, 11) is 0. The van der Waals surface area contributed by atoms with Gasteiger partial charge in [0.2, 0.25) is 0 Å². The highest BCUT2D eigenvalue weighted by Crippen LogP contribution is 2.18. The van der Waals surface area contributed by atoms with Crippen LogP contribution in [-0.2, 0) is 29.2 Å². The Labute approximate surface area is 146 Å². The molecule has 3 rings (SSSR count). The lowest BCUT2D eigenvalue weighted by Gasteiger charge is -2.04. The standard InChI is InChI=1S/C15H15ClN4O3S/c1-2-7-19-11-5-3-4-6-12(11)20(15(19)22)8-13(21)23-9-10-14(16)24-18-17-10/h3-6H,2,7-9H2,1H3. The van der Waals surface area contributed by atoms with Crippen LogP contribution in [0.15, 0.2) is 29.1 Å². The van der Waals surface area contributed by atoms with Crippen LogP contribution in [0, 0.1) is 0 Å². The van der Waals surface area contributed by atoms with Crippen molar-refractivity contribution in [2.75, 3.05) is 0 Å². The van der Waals surface area contributed by atoms with Crippen LogP contribution in [0.3, 0.4) is 0 Å². The highest BCUT2D eigenvalue weighted by Gasteiger charge is 2.16. The summed E-state index contributed by atoms with van der Waals surface area (Å²) in [5.74, 6) is -0.527. The molecule has 3 aromatic rings. The van der Waals surface area contributed by atoms with Crippen LogP contribution < -0.4 is 5.69 Å².